The predicted octanol–water partition coefficient (Wildman–Crippen LogP) is 1.47. The van der Waals surface area contributed by atoms with Crippen molar-refractivity contribution < 1.29 is 14.3 Å². The highest BCUT2D eigenvalue weighted by molar-refractivity contribution is 5.88. The van der Waals surface area contributed by atoms with Gasteiger partial charge in [0.25, 0.3) is 0 Å². The monoisotopic (exact) mass is 284 g/mol. The quantitative estimate of drug-likeness (QED) is 0.695. The van der Waals surface area contributed by atoms with E-state index in [2.05, 4.69) is 17.6 Å². The highest BCUT2D eigenvalue weighted by Crippen LogP contribution is 2.31. The van der Waals surface area contributed by atoms with Crippen LogP contribution in [0.2, 0.25) is 0 Å². The van der Waals surface area contributed by atoms with Gasteiger partial charge in [0.15, 0.2) is 0 Å². The van der Waals surface area contributed by atoms with Crippen LogP contribution in [0.25, 0.3) is 0 Å². The van der Waals surface area contributed by atoms with Crippen molar-refractivity contribution in [2.45, 2.75) is 52.5 Å². The predicted molar refractivity (Wildman–Crippen MR) is 78.2 cm³/mol. The molecule has 0 aromatic heterocycles. The topological polar surface area (TPSA) is 67.4 Å². The molecule has 0 spiro atoms. The first-order valence-corrected chi connectivity index (χ1v) is 7.60. The number of methoxy groups -OCH3 is 1. The van der Waals surface area contributed by atoms with Gasteiger partial charge in [-0.15, -0.1) is 0 Å². The zero-order chi connectivity index (χ0) is 15.2. The average Bonchev–Trinajstić information content (AvgIpc) is 2.93. The summed E-state index contributed by atoms with van der Waals surface area (Å²) in [6, 6.07) is -0.549. The third-order valence-corrected chi connectivity index (χ3v) is 4.41. The second-order valence-corrected chi connectivity index (χ2v) is 5.82. The van der Waals surface area contributed by atoms with Crippen molar-refractivity contribution in [2.24, 2.45) is 11.3 Å². The van der Waals surface area contributed by atoms with Gasteiger partial charge in [0, 0.05) is 6.54 Å². The normalized spacial score (nSPS) is 25.0. The van der Waals surface area contributed by atoms with Gasteiger partial charge in [0.2, 0.25) is 5.91 Å². The summed E-state index contributed by atoms with van der Waals surface area (Å²) in [6.07, 6.45) is 3.46. The minimum absolute atomic E-state index is 0.0138. The lowest BCUT2D eigenvalue weighted by atomic mass is 9.81. The van der Waals surface area contributed by atoms with Crippen molar-refractivity contribution in [3.63, 3.8) is 0 Å². The van der Waals surface area contributed by atoms with Crippen LogP contribution in [0, 0.1) is 11.3 Å². The summed E-state index contributed by atoms with van der Waals surface area (Å²) < 4.78 is 4.82. The summed E-state index contributed by atoms with van der Waals surface area (Å²) in [7, 11) is 1.36. The van der Waals surface area contributed by atoms with Crippen molar-refractivity contribution in [1.82, 2.24) is 10.6 Å². The second kappa shape index (κ2) is 7.62. The van der Waals surface area contributed by atoms with Crippen molar-refractivity contribution in [1.29, 1.82) is 0 Å². The molecule has 3 atom stereocenters. The molecule has 1 aliphatic heterocycles. The molecule has 5 nitrogen and oxygen atoms in total. The van der Waals surface area contributed by atoms with Crippen molar-refractivity contribution in [3.05, 3.63) is 0 Å². The van der Waals surface area contributed by atoms with Gasteiger partial charge < -0.3 is 15.4 Å². The zero-order valence-electron chi connectivity index (χ0n) is 13.1. The number of nitrogens with one attached hydrogen (secondary N) is 2. The maximum Gasteiger partial charge on any atom is 0.328 e. The van der Waals surface area contributed by atoms with Crippen LogP contribution in [0.3, 0.4) is 0 Å². The van der Waals surface area contributed by atoms with E-state index < -0.39 is 6.04 Å². The Bertz CT molecular complexity index is 338. The van der Waals surface area contributed by atoms with Crippen molar-refractivity contribution >= 4 is 11.9 Å². The molecule has 1 amide bonds. The van der Waals surface area contributed by atoms with E-state index in [4.69, 9.17) is 4.74 Å². The van der Waals surface area contributed by atoms with Crippen LogP contribution >= 0.6 is 0 Å². The van der Waals surface area contributed by atoms with E-state index in [-0.39, 0.29) is 23.2 Å². The molecule has 1 fully saturated rings. The lowest BCUT2D eigenvalue weighted by Crippen LogP contribution is -2.52. The van der Waals surface area contributed by atoms with Crippen LogP contribution in [0.5, 0.6) is 0 Å². The van der Waals surface area contributed by atoms with Gasteiger partial charge in [-0.3, -0.25) is 4.79 Å². The van der Waals surface area contributed by atoms with Gasteiger partial charge in [-0.25, -0.2) is 4.79 Å². The van der Waals surface area contributed by atoms with Gasteiger partial charge >= 0.3 is 5.97 Å². The number of esters is 1. The molecule has 1 saturated heterocycles. The molecule has 0 radical (unpaired) electrons. The van der Waals surface area contributed by atoms with Crippen LogP contribution in [0.15, 0.2) is 0 Å². The fourth-order valence-electron chi connectivity index (χ4n) is 2.83. The Morgan fingerprint density at radius 3 is 2.55 bits per heavy atom. The number of amides is 1. The fourth-order valence-corrected chi connectivity index (χ4v) is 2.83. The molecule has 0 bridgehead atoms. The third kappa shape index (κ3) is 3.72. The first-order chi connectivity index (χ1) is 9.50. The fraction of sp³-hybridized carbons (Fsp3) is 0.867. The Balaban J connectivity index is 2.80. The van der Waals surface area contributed by atoms with Crippen LogP contribution in [0.4, 0.5) is 0 Å². The molecule has 20 heavy (non-hydrogen) atoms. The molecule has 1 rings (SSSR count). The van der Waals surface area contributed by atoms with Gasteiger partial charge in [0.05, 0.1) is 12.5 Å². The molecule has 5 heteroatoms. The van der Waals surface area contributed by atoms with E-state index in [1.807, 2.05) is 13.8 Å². The molecule has 0 saturated carbocycles. The zero-order valence-corrected chi connectivity index (χ0v) is 13.1. The SMILES string of the molecule is CCCC1(C(=O)NC(C(=O)OC)C(C)CC)CCNC1. The maximum atomic E-state index is 12.6. The minimum atomic E-state index is -0.549. The molecule has 0 aromatic carbocycles. The molecule has 2 N–H and O–H groups in total. The highest BCUT2D eigenvalue weighted by Gasteiger charge is 2.42. The Labute approximate surface area is 121 Å². The van der Waals surface area contributed by atoms with Crippen LogP contribution < -0.4 is 10.6 Å². The molecule has 1 aliphatic rings. The summed E-state index contributed by atoms with van der Waals surface area (Å²) in [5, 5.41) is 6.19. The van der Waals surface area contributed by atoms with E-state index in [0.29, 0.717) is 6.54 Å². The van der Waals surface area contributed by atoms with E-state index in [1.165, 1.54) is 7.11 Å². The average molecular weight is 284 g/mol. The third-order valence-electron chi connectivity index (χ3n) is 4.41. The standard InChI is InChI=1S/C15H28N2O3/c1-5-7-15(8-9-16-10-15)14(19)17-12(11(3)6-2)13(18)20-4/h11-12,16H,5-10H2,1-4H3,(H,17,19). The lowest BCUT2D eigenvalue weighted by Gasteiger charge is -2.30. The summed E-state index contributed by atoms with van der Waals surface area (Å²) >= 11 is 0. The van der Waals surface area contributed by atoms with Crippen molar-refractivity contribution in [3.8, 4) is 0 Å². The molecule has 3 unspecified atom stereocenters. The number of carbonyl (C=O) groups is 2. The van der Waals surface area contributed by atoms with Crippen LogP contribution in [0.1, 0.15) is 46.5 Å². The van der Waals surface area contributed by atoms with Gasteiger partial charge in [0.1, 0.15) is 6.04 Å². The smallest absolute Gasteiger partial charge is 0.328 e. The van der Waals surface area contributed by atoms with E-state index >= 15 is 0 Å². The van der Waals surface area contributed by atoms with Crippen molar-refractivity contribution in [2.75, 3.05) is 20.2 Å². The summed E-state index contributed by atoms with van der Waals surface area (Å²) in [5.41, 5.74) is -0.367. The van der Waals surface area contributed by atoms with Gasteiger partial charge in [-0.2, -0.15) is 0 Å². The largest absolute Gasteiger partial charge is 0.467 e. The molecule has 116 valence electrons. The number of rotatable bonds is 7. The molecular formula is C15H28N2O3. The Morgan fingerprint density at radius 2 is 2.10 bits per heavy atom. The number of hydrogen-bond acceptors (Lipinski definition) is 4. The summed E-state index contributed by atoms with van der Waals surface area (Å²) in [4.78, 5) is 24.5. The number of hydrogen-bond donors (Lipinski definition) is 2. The number of carbonyl (C=O) groups excluding carboxylic acids is 2. The van der Waals surface area contributed by atoms with E-state index in [1.54, 1.807) is 0 Å². The summed E-state index contributed by atoms with van der Waals surface area (Å²) in [6.45, 7) is 7.60. The molecule has 0 aliphatic carbocycles. The van der Waals surface area contributed by atoms with Gasteiger partial charge in [-0.05, 0) is 25.3 Å². The number of ether oxygens (including phenoxy) is 1. The first-order valence-electron chi connectivity index (χ1n) is 7.60. The lowest BCUT2D eigenvalue weighted by molar-refractivity contribution is -0.148. The molecular weight excluding hydrogens is 256 g/mol. The van der Waals surface area contributed by atoms with Crippen LogP contribution in [-0.4, -0.2) is 38.1 Å². The second-order valence-electron chi connectivity index (χ2n) is 5.82. The Hall–Kier alpha value is -1.10. The molecule has 0 aromatic rings. The summed E-state index contributed by atoms with van der Waals surface area (Å²) in [5.74, 6) is -0.301. The van der Waals surface area contributed by atoms with Gasteiger partial charge in [-0.1, -0.05) is 33.6 Å². The van der Waals surface area contributed by atoms with Crippen LogP contribution in [-0.2, 0) is 14.3 Å². The van der Waals surface area contributed by atoms with E-state index in [9.17, 15) is 9.59 Å². The molecule has 1 heterocycles. The highest BCUT2D eigenvalue weighted by atomic mass is 16.5. The van der Waals surface area contributed by atoms with E-state index in [0.717, 1.165) is 32.2 Å². The Morgan fingerprint density at radius 1 is 1.40 bits per heavy atom. The maximum absolute atomic E-state index is 12.6. The Kier molecular flexibility index (Phi) is 6.46. The minimum Gasteiger partial charge on any atom is -0.467 e. The first kappa shape index (κ1) is 17.0.